The van der Waals surface area contributed by atoms with Gasteiger partial charge >= 0.3 is 12.2 Å². The third kappa shape index (κ3) is 5.49. The van der Waals surface area contributed by atoms with Gasteiger partial charge in [-0.25, -0.2) is 22.5 Å². The van der Waals surface area contributed by atoms with Crippen molar-refractivity contribution in [2.24, 2.45) is 5.41 Å². The van der Waals surface area contributed by atoms with E-state index in [1.807, 2.05) is 16.7 Å². The van der Waals surface area contributed by atoms with E-state index in [-0.39, 0.29) is 55.7 Å². The molecule has 9 nitrogen and oxygen atoms in total. The molecule has 1 aromatic carbocycles. The Balaban J connectivity index is 1.38. The molecule has 266 valence electrons. The van der Waals surface area contributed by atoms with Crippen molar-refractivity contribution in [3.63, 3.8) is 0 Å². The predicted molar refractivity (Wildman–Crippen MR) is 168 cm³/mol. The highest BCUT2D eigenvalue weighted by Gasteiger charge is 2.77. The molecular weight excluding hydrogens is 659 g/mol. The van der Waals surface area contributed by atoms with E-state index in [1.165, 1.54) is 0 Å². The Bertz CT molecular complexity index is 1800. The van der Waals surface area contributed by atoms with Crippen LogP contribution < -0.4 is 20.1 Å². The lowest BCUT2D eigenvalue weighted by molar-refractivity contribution is -0.137. The number of aromatic nitrogens is 3. The molecule has 0 bridgehead atoms. The summed E-state index contributed by atoms with van der Waals surface area (Å²) in [5, 5.41) is 0.0406. The Kier molecular flexibility index (Phi) is 8.08. The van der Waals surface area contributed by atoms with Crippen LogP contribution in [0.5, 0.6) is 11.9 Å². The number of hydrogen-bond donors (Lipinski definition) is 1. The molecule has 7 rings (SSSR count). The van der Waals surface area contributed by atoms with Gasteiger partial charge in [0.25, 0.3) is 5.92 Å². The molecule has 2 N–H and O–H groups in total. The molecule has 0 radical (unpaired) electrons. The van der Waals surface area contributed by atoms with Gasteiger partial charge in [0.2, 0.25) is 5.88 Å². The molecule has 2 aromatic heterocycles. The van der Waals surface area contributed by atoms with Gasteiger partial charge in [0.15, 0.2) is 5.82 Å². The minimum absolute atomic E-state index is 0.0237. The number of nitrogens with zero attached hydrogens (tertiary/aromatic N) is 6. The summed E-state index contributed by atoms with van der Waals surface area (Å²) in [6.45, 7) is 8.60. The number of pyridine rings is 1. The number of alkyl halides is 5. The number of halogens is 7. The highest BCUT2D eigenvalue weighted by molar-refractivity contribution is 5.97. The normalized spacial score (nSPS) is 25.4. The molecule has 0 amide bonds. The van der Waals surface area contributed by atoms with Gasteiger partial charge in [0.1, 0.15) is 34.8 Å². The molecular formula is C33H38F7N7O2. The van der Waals surface area contributed by atoms with E-state index in [0.717, 1.165) is 19.9 Å². The minimum atomic E-state index is -5.09. The van der Waals surface area contributed by atoms with Gasteiger partial charge in [-0.05, 0) is 57.8 Å². The molecule has 2 unspecified atom stereocenters. The average molecular weight is 698 g/mol. The maximum absolute atomic E-state index is 16.8. The first-order chi connectivity index (χ1) is 23.1. The maximum atomic E-state index is 16.8. The van der Waals surface area contributed by atoms with Gasteiger partial charge in [-0.2, -0.15) is 23.1 Å². The van der Waals surface area contributed by atoms with Crippen LogP contribution in [-0.4, -0.2) is 95.2 Å². The smallest absolute Gasteiger partial charge is 0.417 e. The van der Waals surface area contributed by atoms with Crippen LogP contribution in [0.1, 0.15) is 50.7 Å². The van der Waals surface area contributed by atoms with E-state index in [1.54, 1.807) is 6.92 Å². The van der Waals surface area contributed by atoms with Crippen LogP contribution in [0.3, 0.4) is 0 Å². The van der Waals surface area contributed by atoms with Crippen LogP contribution in [0.2, 0.25) is 0 Å². The predicted octanol–water partition coefficient (Wildman–Crippen LogP) is 6.06. The molecule has 3 aromatic rings. The number of likely N-dealkylation sites (N-methyl/N-ethyl adjacent to an activating group) is 1. The van der Waals surface area contributed by atoms with E-state index in [2.05, 4.69) is 19.9 Å². The first-order valence-corrected chi connectivity index (χ1v) is 16.6. The van der Waals surface area contributed by atoms with Crippen molar-refractivity contribution >= 4 is 22.4 Å². The number of piperazine rings is 1. The van der Waals surface area contributed by atoms with Crippen molar-refractivity contribution in [3.8, 4) is 23.1 Å². The van der Waals surface area contributed by atoms with Gasteiger partial charge in [-0.1, -0.05) is 6.92 Å². The first-order valence-electron chi connectivity index (χ1n) is 16.6. The molecule has 3 aliphatic heterocycles. The fourth-order valence-corrected chi connectivity index (χ4v) is 8.11. The number of rotatable bonds is 8. The Labute approximate surface area is 278 Å². The summed E-state index contributed by atoms with van der Waals surface area (Å²) in [6, 6.07) is 0.452. The fraction of sp³-hybridized carbons (Fsp3) is 0.606. The molecule has 4 fully saturated rings. The lowest BCUT2D eigenvalue weighted by Gasteiger charge is -2.35. The minimum Gasteiger partial charge on any atom is -0.477 e. The third-order valence-corrected chi connectivity index (χ3v) is 10.8. The second-order valence-corrected chi connectivity index (χ2v) is 13.7. The van der Waals surface area contributed by atoms with Crippen molar-refractivity contribution in [1.82, 2.24) is 24.8 Å². The Hall–Kier alpha value is -3.66. The Morgan fingerprint density at radius 3 is 2.31 bits per heavy atom. The molecule has 4 aliphatic rings. The van der Waals surface area contributed by atoms with E-state index >= 15 is 4.39 Å². The van der Waals surface area contributed by atoms with E-state index < -0.39 is 68.3 Å². The monoisotopic (exact) mass is 697 g/mol. The van der Waals surface area contributed by atoms with Gasteiger partial charge in [-0.15, -0.1) is 0 Å². The Morgan fingerprint density at radius 1 is 0.959 bits per heavy atom. The van der Waals surface area contributed by atoms with Gasteiger partial charge in [0, 0.05) is 44.7 Å². The molecule has 5 heterocycles. The SMILES string of the molecule is CCOc1nc(-c2cc(N)c(F)c(C)c2C(F)(F)F)c(F)c2nc(OCC34CCCN3CC3(C4)CC3(F)F)nc(N3CCN(CC)CC3)c12. The molecule has 1 aliphatic carbocycles. The molecule has 16 heteroatoms. The summed E-state index contributed by atoms with van der Waals surface area (Å²) < 4.78 is 116. The second-order valence-electron chi connectivity index (χ2n) is 13.7. The molecule has 3 saturated heterocycles. The summed E-state index contributed by atoms with van der Waals surface area (Å²) in [6.07, 6.45) is -3.58. The zero-order chi connectivity index (χ0) is 35.1. The van der Waals surface area contributed by atoms with Crippen LogP contribution in [0.4, 0.5) is 42.2 Å². The Morgan fingerprint density at radius 2 is 1.67 bits per heavy atom. The van der Waals surface area contributed by atoms with Crippen LogP contribution in [-0.2, 0) is 6.18 Å². The number of benzene rings is 1. The summed E-state index contributed by atoms with van der Waals surface area (Å²) >= 11 is 0. The number of nitrogens with two attached hydrogens (primary N) is 1. The van der Waals surface area contributed by atoms with E-state index in [9.17, 15) is 26.3 Å². The summed E-state index contributed by atoms with van der Waals surface area (Å²) in [4.78, 5) is 19.4. The lowest BCUT2D eigenvalue weighted by atomic mass is 9.89. The zero-order valence-electron chi connectivity index (χ0n) is 27.5. The van der Waals surface area contributed by atoms with E-state index in [4.69, 9.17) is 15.2 Å². The van der Waals surface area contributed by atoms with Crippen LogP contribution in [0, 0.1) is 24.0 Å². The average Bonchev–Trinajstić information content (AvgIpc) is 3.26. The van der Waals surface area contributed by atoms with Crippen molar-refractivity contribution in [2.75, 3.05) is 69.7 Å². The molecule has 2 atom stereocenters. The summed E-state index contributed by atoms with van der Waals surface area (Å²) in [7, 11) is 0. The van der Waals surface area contributed by atoms with Crippen molar-refractivity contribution < 1.29 is 40.2 Å². The van der Waals surface area contributed by atoms with E-state index in [0.29, 0.717) is 45.2 Å². The highest BCUT2D eigenvalue weighted by Crippen LogP contribution is 2.69. The highest BCUT2D eigenvalue weighted by atomic mass is 19.4. The molecule has 49 heavy (non-hydrogen) atoms. The quantitative estimate of drug-likeness (QED) is 0.223. The van der Waals surface area contributed by atoms with Crippen molar-refractivity contribution in [2.45, 2.75) is 64.1 Å². The number of fused-ring (bicyclic) bond motifs is 2. The van der Waals surface area contributed by atoms with Crippen LogP contribution in [0.15, 0.2) is 6.07 Å². The summed E-state index contributed by atoms with van der Waals surface area (Å²) in [5.41, 5.74) is -0.817. The second kappa shape index (κ2) is 11.7. The largest absolute Gasteiger partial charge is 0.477 e. The third-order valence-electron chi connectivity index (χ3n) is 10.8. The molecule has 1 saturated carbocycles. The number of nitrogen functional groups attached to an aromatic ring is 1. The van der Waals surface area contributed by atoms with Crippen LogP contribution in [0.25, 0.3) is 22.2 Å². The van der Waals surface area contributed by atoms with Crippen molar-refractivity contribution in [3.05, 3.63) is 28.8 Å². The lowest BCUT2D eigenvalue weighted by Crippen LogP contribution is -2.46. The molecule has 1 spiro atoms. The first kappa shape index (κ1) is 33.8. The topological polar surface area (TPSA) is 92.9 Å². The van der Waals surface area contributed by atoms with Gasteiger partial charge in [-0.3, -0.25) is 4.90 Å². The zero-order valence-corrected chi connectivity index (χ0v) is 27.5. The number of anilines is 2. The fourth-order valence-electron chi connectivity index (χ4n) is 8.11. The number of ether oxygens (including phenoxy) is 2. The number of hydrogen-bond acceptors (Lipinski definition) is 9. The van der Waals surface area contributed by atoms with Crippen LogP contribution >= 0.6 is 0 Å². The standard InChI is InChI=1S/C33H38F7N7O2/c1-4-45-9-11-46(12-10-45)27-21-26(43-29(44-27)49-17-31-7-6-8-47(31)16-30(14-31)15-32(30,36)37)24(35)25(42-28(21)48-5-2)19-13-20(41)23(34)18(3)22(19)33(38,39)40/h13H,4-12,14-17,41H2,1-3H3. The van der Waals surface area contributed by atoms with Gasteiger partial charge < -0.3 is 25.0 Å². The van der Waals surface area contributed by atoms with Gasteiger partial charge in [0.05, 0.1) is 28.8 Å². The van der Waals surface area contributed by atoms with Crippen molar-refractivity contribution in [1.29, 1.82) is 0 Å². The maximum Gasteiger partial charge on any atom is 0.417 e. The summed E-state index contributed by atoms with van der Waals surface area (Å²) in [5.74, 6) is -5.23.